The molecule has 0 spiro atoms. The first-order chi connectivity index (χ1) is 9.62. The van der Waals surface area contributed by atoms with Gasteiger partial charge in [0.25, 0.3) is 0 Å². The Morgan fingerprint density at radius 1 is 1.45 bits per heavy atom. The molecule has 3 nitrogen and oxygen atoms in total. The molecule has 2 unspecified atom stereocenters. The maximum atomic E-state index is 12.7. The lowest BCUT2D eigenvalue weighted by atomic mass is 9.93. The quantitative estimate of drug-likeness (QED) is 0.891. The molecular weight excluding hydrogens is 316 g/mol. The second-order valence-corrected chi connectivity index (χ2v) is 6.97. The minimum Gasteiger partial charge on any atom is -0.351 e. The number of benzene rings is 1. The van der Waals surface area contributed by atoms with Crippen molar-refractivity contribution in [2.24, 2.45) is 0 Å². The van der Waals surface area contributed by atoms with Crippen molar-refractivity contribution in [2.75, 3.05) is 6.54 Å². The van der Waals surface area contributed by atoms with Crippen LogP contribution in [0, 0.1) is 0 Å². The van der Waals surface area contributed by atoms with Crippen LogP contribution in [-0.4, -0.2) is 24.5 Å². The van der Waals surface area contributed by atoms with Gasteiger partial charge in [0.2, 0.25) is 5.91 Å². The predicted octanol–water partition coefficient (Wildman–Crippen LogP) is 2.74. The Kier molecular flexibility index (Phi) is 3.87. The smallest absolute Gasteiger partial charge is 0.230 e. The van der Waals surface area contributed by atoms with Crippen LogP contribution >= 0.6 is 15.9 Å². The highest BCUT2D eigenvalue weighted by Crippen LogP contribution is 2.49. The Hall–Kier alpha value is -0.870. The maximum absolute atomic E-state index is 12.7. The molecule has 1 saturated heterocycles. The molecule has 20 heavy (non-hydrogen) atoms. The monoisotopic (exact) mass is 336 g/mol. The number of carbonyl (C=O) groups excluding carboxylic acids is 1. The van der Waals surface area contributed by atoms with E-state index in [1.807, 2.05) is 12.1 Å². The van der Waals surface area contributed by atoms with Gasteiger partial charge in [0.15, 0.2) is 0 Å². The molecule has 3 rings (SSSR count). The molecule has 4 heteroatoms. The molecule has 1 aromatic rings. The number of rotatable bonds is 3. The number of hydrogen-bond acceptors (Lipinski definition) is 2. The van der Waals surface area contributed by atoms with Crippen LogP contribution in [0.3, 0.4) is 0 Å². The summed E-state index contributed by atoms with van der Waals surface area (Å²) in [5.74, 6) is 0.205. The standard InChI is InChI=1S/C16H21BrN2O/c1-11-14(6-3-9-18-11)19-15(20)16(7-8-16)12-4-2-5-13(17)10-12/h2,4-5,10-11,14,18H,3,6-9H2,1H3,(H,19,20). The van der Waals surface area contributed by atoms with Gasteiger partial charge in [0.05, 0.1) is 5.41 Å². The second-order valence-electron chi connectivity index (χ2n) is 6.06. The average Bonchev–Trinajstić information content (AvgIpc) is 3.23. The van der Waals surface area contributed by atoms with Gasteiger partial charge >= 0.3 is 0 Å². The fourth-order valence-electron chi connectivity index (χ4n) is 3.11. The highest BCUT2D eigenvalue weighted by molar-refractivity contribution is 9.10. The molecule has 1 aliphatic heterocycles. The zero-order valence-corrected chi connectivity index (χ0v) is 13.4. The van der Waals surface area contributed by atoms with Crippen LogP contribution in [0.5, 0.6) is 0 Å². The zero-order chi connectivity index (χ0) is 14.2. The van der Waals surface area contributed by atoms with E-state index < -0.39 is 0 Å². The number of carbonyl (C=O) groups is 1. The average molecular weight is 337 g/mol. The van der Waals surface area contributed by atoms with Gasteiger partial charge in [-0.05, 0) is 56.8 Å². The van der Waals surface area contributed by atoms with Crippen LogP contribution < -0.4 is 10.6 Å². The molecule has 0 aromatic heterocycles. The third kappa shape index (κ3) is 2.63. The van der Waals surface area contributed by atoms with Crippen LogP contribution in [-0.2, 0) is 10.2 Å². The van der Waals surface area contributed by atoms with Crippen LogP contribution in [0.25, 0.3) is 0 Å². The fourth-order valence-corrected chi connectivity index (χ4v) is 3.50. The van der Waals surface area contributed by atoms with Crippen LogP contribution in [0.2, 0.25) is 0 Å². The summed E-state index contributed by atoms with van der Waals surface area (Å²) in [6, 6.07) is 8.80. The summed E-state index contributed by atoms with van der Waals surface area (Å²) in [5, 5.41) is 6.71. The molecule has 2 atom stereocenters. The maximum Gasteiger partial charge on any atom is 0.230 e. The van der Waals surface area contributed by atoms with Crippen molar-refractivity contribution in [3.8, 4) is 0 Å². The Morgan fingerprint density at radius 2 is 2.25 bits per heavy atom. The van der Waals surface area contributed by atoms with Gasteiger partial charge in [-0.2, -0.15) is 0 Å². The van der Waals surface area contributed by atoms with E-state index in [2.05, 4.69) is 45.6 Å². The van der Waals surface area contributed by atoms with Gasteiger partial charge < -0.3 is 10.6 Å². The first-order valence-corrected chi connectivity index (χ1v) is 8.21. The summed E-state index contributed by atoms with van der Waals surface area (Å²) < 4.78 is 1.04. The Morgan fingerprint density at radius 3 is 2.90 bits per heavy atom. The molecule has 1 aromatic carbocycles. The lowest BCUT2D eigenvalue weighted by Crippen LogP contribution is -2.53. The van der Waals surface area contributed by atoms with Crippen molar-refractivity contribution in [3.63, 3.8) is 0 Å². The van der Waals surface area contributed by atoms with Crippen molar-refractivity contribution in [1.29, 1.82) is 0 Å². The van der Waals surface area contributed by atoms with Crippen molar-refractivity contribution in [3.05, 3.63) is 34.3 Å². The van der Waals surface area contributed by atoms with Crippen molar-refractivity contribution >= 4 is 21.8 Å². The predicted molar refractivity (Wildman–Crippen MR) is 83.7 cm³/mol. The summed E-state index contributed by atoms with van der Waals surface area (Å²) in [5.41, 5.74) is 0.863. The topological polar surface area (TPSA) is 41.1 Å². The van der Waals surface area contributed by atoms with E-state index in [0.717, 1.165) is 42.3 Å². The number of piperidine rings is 1. The fraction of sp³-hybridized carbons (Fsp3) is 0.562. The lowest BCUT2D eigenvalue weighted by Gasteiger charge is -2.32. The van der Waals surface area contributed by atoms with Crippen LogP contribution in [0.1, 0.15) is 38.2 Å². The number of amides is 1. The Labute approximate surface area is 128 Å². The van der Waals surface area contributed by atoms with E-state index in [4.69, 9.17) is 0 Å². The molecule has 2 fully saturated rings. The molecule has 0 bridgehead atoms. The highest BCUT2D eigenvalue weighted by atomic mass is 79.9. The van der Waals surface area contributed by atoms with E-state index in [1.165, 1.54) is 0 Å². The summed E-state index contributed by atoms with van der Waals surface area (Å²) in [6.45, 7) is 3.22. The summed E-state index contributed by atoms with van der Waals surface area (Å²) in [4.78, 5) is 12.7. The van der Waals surface area contributed by atoms with Gasteiger partial charge in [-0.1, -0.05) is 28.1 Å². The van der Waals surface area contributed by atoms with Crippen molar-refractivity contribution in [2.45, 2.75) is 50.1 Å². The summed E-state index contributed by atoms with van der Waals surface area (Å²) in [7, 11) is 0. The zero-order valence-electron chi connectivity index (χ0n) is 11.8. The van der Waals surface area contributed by atoms with E-state index in [-0.39, 0.29) is 17.4 Å². The SMILES string of the molecule is CC1NCCCC1NC(=O)C1(c2cccc(Br)c2)CC1. The van der Waals surface area contributed by atoms with E-state index >= 15 is 0 Å². The van der Waals surface area contributed by atoms with Gasteiger partial charge in [0.1, 0.15) is 0 Å². The van der Waals surface area contributed by atoms with E-state index in [1.54, 1.807) is 0 Å². The Balaban J connectivity index is 1.73. The number of nitrogens with one attached hydrogen (secondary N) is 2. The van der Waals surface area contributed by atoms with Gasteiger partial charge in [-0.15, -0.1) is 0 Å². The molecule has 1 saturated carbocycles. The normalized spacial score (nSPS) is 27.9. The minimum absolute atomic E-state index is 0.205. The molecule has 1 amide bonds. The second kappa shape index (κ2) is 5.49. The molecular formula is C16H21BrN2O. The van der Waals surface area contributed by atoms with Gasteiger partial charge in [-0.3, -0.25) is 4.79 Å². The van der Waals surface area contributed by atoms with Crippen LogP contribution in [0.4, 0.5) is 0 Å². The molecule has 0 radical (unpaired) electrons. The van der Waals surface area contributed by atoms with Crippen molar-refractivity contribution < 1.29 is 4.79 Å². The molecule has 2 aliphatic rings. The first kappa shape index (κ1) is 14.1. The first-order valence-electron chi connectivity index (χ1n) is 7.42. The molecule has 2 N–H and O–H groups in total. The largest absolute Gasteiger partial charge is 0.351 e. The Bertz CT molecular complexity index is 513. The van der Waals surface area contributed by atoms with Crippen molar-refractivity contribution in [1.82, 2.24) is 10.6 Å². The summed E-state index contributed by atoms with van der Waals surface area (Å²) in [6.07, 6.45) is 4.14. The van der Waals surface area contributed by atoms with Crippen LogP contribution in [0.15, 0.2) is 28.7 Å². The third-order valence-corrected chi connectivity index (χ3v) is 5.13. The molecule has 1 heterocycles. The lowest BCUT2D eigenvalue weighted by molar-refractivity contribution is -0.124. The minimum atomic E-state index is -0.277. The van der Waals surface area contributed by atoms with E-state index in [9.17, 15) is 4.79 Å². The molecule has 108 valence electrons. The van der Waals surface area contributed by atoms with E-state index in [0.29, 0.717) is 6.04 Å². The highest BCUT2D eigenvalue weighted by Gasteiger charge is 2.51. The van der Waals surface area contributed by atoms with Gasteiger partial charge in [0, 0.05) is 16.6 Å². The molecule has 1 aliphatic carbocycles. The van der Waals surface area contributed by atoms with Gasteiger partial charge in [-0.25, -0.2) is 0 Å². The third-order valence-electron chi connectivity index (χ3n) is 4.64. The summed E-state index contributed by atoms with van der Waals surface area (Å²) >= 11 is 3.50. The number of halogens is 1. The number of hydrogen-bond donors (Lipinski definition) is 2.